The first-order chi connectivity index (χ1) is 13.7. The summed E-state index contributed by atoms with van der Waals surface area (Å²) >= 11 is 6.10. The monoisotopic (exact) mass is 390 g/mol. The van der Waals surface area contributed by atoms with E-state index in [4.69, 9.17) is 16.6 Å². The van der Waals surface area contributed by atoms with Crippen LogP contribution >= 0.6 is 11.6 Å². The highest BCUT2D eigenvalue weighted by Crippen LogP contribution is 2.35. The van der Waals surface area contributed by atoms with Gasteiger partial charge in [0, 0.05) is 44.8 Å². The second-order valence-corrected chi connectivity index (χ2v) is 6.64. The van der Waals surface area contributed by atoms with Crippen molar-refractivity contribution < 1.29 is 4.39 Å². The normalized spacial score (nSPS) is 11.2. The number of nitrogens with zero attached hydrogens (tertiary/aromatic N) is 4. The van der Waals surface area contributed by atoms with Crippen molar-refractivity contribution >= 4 is 44.8 Å². The number of H-pyrrole nitrogens is 1. The molecule has 5 aromatic rings. The SMILES string of the molecule is Fc1cc(-c2nnc[nH]2)c2nc(Nc3cccc(Cl)c3)c3ccncc3c2c1. The first-order valence-electron chi connectivity index (χ1n) is 8.45. The first kappa shape index (κ1) is 16.6. The van der Waals surface area contributed by atoms with Gasteiger partial charge in [0.25, 0.3) is 0 Å². The molecule has 136 valence electrons. The summed E-state index contributed by atoms with van der Waals surface area (Å²) in [5.74, 6) is 0.662. The zero-order valence-corrected chi connectivity index (χ0v) is 15.1. The van der Waals surface area contributed by atoms with Crippen LogP contribution in [0, 0.1) is 5.82 Å². The molecule has 0 aliphatic rings. The molecule has 0 fully saturated rings. The van der Waals surface area contributed by atoms with Crippen LogP contribution in [-0.4, -0.2) is 25.1 Å². The summed E-state index contributed by atoms with van der Waals surface area (Å²) < 4.78 is 14.4. The number of benzene rings is 2. The third kappa shape index (κ3) is 2.82. The highest BCUT2D eigenvalue weighted by atomic mass is 35.5. The van der Waals surface area contributed by atoms with Gasteiger partial charge in [0.15, 0.2) is 5.82 Å². The van der Waals surface area contributed by atoms with Crippen LogP contribution in [0.4, 0.5) is 15.9 Å². The number of rotatable bonds is 3. The Labute approximate surface area is 163 Å². The summed E-state index contributed by atoms with van der Waals surface area (Å²) in [6.07, 6.45) is 4.82. The fourth-order valence-electron chi connectivity index (χ4n) is 3.23. The van der Waals surface area contributed by atoms with Crippen molar-refractivity contribution in [3.63, 3.8) is 0 Å². The molecule has 0 radical (unpaired) electrons. The molecule has 6 nitrogen and oxygen atoms in total. The molecule has 3 heterocycles. The van der Waals surface area contributed by atoms with Gasteiger partial charge >= 0.3 is 0 Å². The van der Waals surface area contributed by atoms with Crippen molar-refractivity contribution in [2.45, 2.75) is 0 Å². The lowest BCUT2D eigenvalue weighted by Crippen LogP contribution is -1.98. The number of anilines is 2. The smallest absolute Gasteiger partial charge is 0.163 e. The van der Waals surface area contributed by atoms with E-state index in [2.05, 4.69) is 25.5 Å². The summed E-state index contributed by atoms with van der Waals surface area (Å²) in [5, 5.41) is 14.0. The minimum Gasteiger partial charge on any atom is -0.340 e. The topological polar surface area (TPSA) is 79.4 Å². The Morgan fingerprint density at radius 3 is 2.79 bits per heavy atom. The van der Waals surface area contributed by atoms with Gasteiger partial charge in [-0.15, -0.1) is 10.2 Å². The van der Waals surface area contributed by atoms with Crippen molar-refractivity contribution in [2.75, 3.05) is 5.32 Å². The number of hydrogen-bond acceptors (Lipinski definition) is 5. The zero-order chi connectivity index (χ0) is 19.1. The molecule has 5 rings (SSSR count). The van der Waals surface area contributed by atoms with Crippen LogP contribution in [0.5, 0.6) is 0 Å². The fraction of sp³-hybridized carbons (Fsp3) is 0. The van der Waals surface area contributed by atoms with E-state index >= 15 is 0 Å². The maximum atomic E-state index is 14.4. The van der Waals surface area contributed by atoms with Crippen LogP contribution in [0.3, 0.4) is 0 Å². The number of pyridine rings is 2. The maximum absolute atomic E-state index is 14.4. The lowest BCUT2D eigenvalue weighted by atomic mass is 10.0. The van der Waals surface area contributed by atoms with Crippen molar-refractivity contribution in [1.29, 1.82) is 0 Å². The molecule has 0 amide bonds. The van der Waals surface area contributed by atoms with E-state index in [1.807, 2.05) is 24.3 Å². The Morgan fingerprint density at radius 1 is 1.04 bits per heavy atom. The van der Waals surface area contributed by atoms with Gasteiger partial charge in [-0.1, -0.05) is 17.7 Å². The van der Waals surface area contributed by atoms with Crippen LogP contribution in [0.2, 0.25) is 5.02 Å². The van der Waals surface area contributed by atoms with E-state index in [0.717, 1.165) is 16.5 Å². The molecule has 8 heteroatoms. The molecule has 0 bridgehead atoms. The third-order valence-electron chi connectivity index (χ3n) is 4.42. The summed E-state index contributed by atoms with van der Waals surface area (Å²) in [6.45, 7) is 0. The molecule has 2 N–H and O–H groups in total. The lowest BCUT2D eigenvalue weighted by Gasteiger charge is -2.13. The van der Waals surface area contributed by atoms with Gasteiger partial charge in [0.1, 0.15) is 18.0 Å². The standard InChI is InChI=1S/C20H12ClFN6/c21-11-2-1-3-13(6-11)26-20-14-4-5-23-9-17(14)15-7-12(22)8-16(18(15)27-20)19-24-10-25-28-19/h1-10H,(H,26,27)(H,24,25,28). The first-order valence-corrected chi connectivity index (χ1v) is 8.83. The maximum Gasteiger partial charge on any atom is 0.163 e. The highest BCUT2D eigenvalue weighted by Gasteiger charge is 2.16. The quantitative estimate of drug-likeness (QED) is 0.419. The van der Waals surface area contributed by atoms with Crippen molar-refractivity contribution in [2.24, 2.45) is 0 Å². The Balaban J connectivity index is 1.82. The molecule has 0 aliphatic heterocycles. The molecule has 0 atom stereocenters. The Hall–Kier alpha value is -3.58. The average Bonchev–Trinajstić information content (AvgIpc) is 3.23. The second kappa shape index (κ2) is 6.54. The van der Waals surface area contributed by atoms with E-state index in [0.29, 0.717) is 33.1 Å². The molecule has 2 aromatic carbocycles. The zero-order valence-electron chi connectivity index (χ0n) is 14.3. The van der Waals surface area contributed by atoms with Gasteiger partial charge in [-0.3, -0.25) is 4.98 Å². The summed E-state index contributed by atoms with van der Waals surface area (Å²) in [5.41, 5.74) is 1.90. The van der Waals surface area contributed by atoms with Gasteiger partial charge in [0.2, 0.25) is 0 Å². The molecule has 0 spiro atoms. The van der Waals surface area contributed by atoms with Crippen LogP contribution in [0.15, 0.2) is 61.2 Å². The number of aromatic nitrogens is 5. The minimum atomic E-state index is -0.388. The molecule has 0 unspecified atom stereocenters. The minimum absolute atomic E-state index is 0.388. The van der Waals surface area contributed by atoms with Crippen LogP contribution in [-0.2, 0) is 0 Å². The van der Waals surface area contributed by atoms with Gasteiger partial charge < -0.3 is 10.3 Å². The van der Waals surface area contributed by atoms with Gasteiger partial charge in [-0.05, 0) is 36.4 Å². The van der Waals surface area contributed by atoms with E-state index in [1.165, 1.54) is 18.5 Å². The fourth-order valence-corrected chi connectivity index (χ4v) is 3.42. The molecule has 28 heavy (non-hydrogen) atoms. The molecular weight excluding hydrogens is 379 g/mol. The average molecular weight is 391 g/mol. The Kier molecular flexibility index (Phi) is 3.87. The molecule has 0 aliphatic carbocycles. The van der Waals surface area contributed by atoms with Gasteiger partial charge in [0.05, 0.1) is 5.52 Å². The van der Waals surface area contributed by atoms with Gasteiger partial charge in [-0.2, -0.15) is 0 Å². The summed E-state index contributed by atoms with van der Waals surface area (Å²) in [6, 6.07) is 12.0. The molecule has 3 aromatic heterocycles. The van der Waals surface area contributed by atoms with Gasteiger partial charge in [-0.25, -0.2) is 9.37 Å². The largest absolute Gasteiger partial charge is 0.340 e. The van der Waals surface area contributed by atoms with E-state index in [-0.39, 0.29) is 5.82 Å². The number of hydrogen-bond donors (Lipinski definition) is 2. The van der Waals surface area contributed by atoms with Crippen molar-refractivity contribution in [3.8, 4) is 11.4 Å². The summed E-state index contributed by atoms with van der Waals surface area (Å²) in [7, 11) is 0. The second-order valence-electron chi connectivity index (χ2n) is 6.20. The number of halogens is 2. The van der Waals surface area contributed by atoms with E-state index in [9.17, 15) is 4.39 Å². The Morgan fingerprint density at radius 2 is 1.96 bits per heavy atom. The molecule has 0 saturated heterocycles. The predicted octanol–water partition coefficient (Wildman–Crippen LogP) is 5.10. The van der Waals surface area contributed by atoms with Crippen LogP contribution in [0.1, 0.15) is 0 Å². The number of nitrogens with one attached hydrogen (secondary N) is 2. The number of aromatic amines is 1. The Bertz CT molecular complexity index is 1320. The molecule has 0 saturated carbocycles. The van der Waals surface area contributed by atoms with Crippen LogP contribution < -0.4 is 5.32 Å². The third-order valence-corrected chi connectivity index (χ3v) is 4.66. The lowest BCUT2D eigenvalue weighted by molar-refractivity contribution is 0.630. The summed E-state index contributed by atoms with van der Waals surface area (Å²) in [4.78, 5) is 11.9. The van der Waals surface area contributed by atoms with Crippen molar-refractivity contribution in [1.82, 2.24) is 25.1 Å². The van der Waals surface area contributed by atoms with Crippen molar-refractivity contribution in [3.05, 3.63) is 72.0 Å². The highest BCUT2D eigenvalue weighted by molar-refractivity contribution is 6.30. The van der Waals surface area contributed by atoms with E-state index < -0.39 is 0 Å². The predicted molar refractivity (Wildman–Crippen MR) is 107 cm³/mol. The van der Waals surface area contributed by atoms with Crippen LogP contribution in [0.25, 0.3) is 33.1 Å². The molecular formula is C20H12ClFN6. The number of fused-ring (bicyclic) bond motifs is 3. The van der Waals surface area contributed by atoms with E-state index in [1.54, 1.807) is 18.5 Å².